The summed E-state index contributed by atoms with van der Waals surface area (Å²) < 4.78 is 12.0. The highest BCUT2D eigenvalue weighted by Gasteiger charge is 2.20. The first-order valence-corrected chi connectivity index (χ1v) is 9.00. The number of rotatable bonds is 6. The van der Waals surface area contributed by atoms with Gasteiger partial charge in [0.2, 0.25) is 5.78 Å². The smallest absolute Gasteiger partial charge is 0.311 e. The van der Waals surface area contributed by atoms with E-state index < -0.39 is 4.92 Å². The van der Waals surface area contributed by atoms with Gasteiger partial charge in [0.15, 0.2) is 16.5 Å². The lowest BCUT2D eigenvalue weighted by molar-refractivity contribution is -0.385. The van der Waals surface area contributed by atoms with E-state index in [1.165, 1.54) is 42.9 Å². The zero-order valence-corrected chi connectivity index (χ0v) is 15.4. The Morgan fingerprint density at radius 2 is 2.25 bits per heavy atom. The van der Waals surface area contributed by atoms with Gasteiger partial charge in [0.25, 0.3) is 0 Å². The molecule has 4 rings (SSSR count). The fourth-order valence-corrected chi connectivity index (χ4v) is 3.53. The summed E-state index contributed by atoms with van der Waals surface area (Å²) in [5.74, 6) is 0.102. The second-order valence-corrected chi connectivity index (χ2v) is 6.59. The SMILES string of the molecule is COc1ccc(-c2nc3sccn3c2C=CC(=O)c2ccco2)cc1[N+](=O)[O-]. The molecule has 140 valence electrons. The third-order valence-corrected chi connectivity index (χ3v) is 4.86. The van der Waals surface area contributed by atoms with Crippen molar-refractivity contribution in [1.82, 2.24) is 9.38 Å². The molecule has 0 spiro atoms. The predicted molar refractivity (Wildman–Crippen MR) is 104 cm³/mol. The average Bonchev–Trinajstić information content (AvgIpc) is 3.43. The average molecular weight is 395 g/mol. The molecule has 0 N–H and O–H groups in total. The van der Waals surface area contributed by atoms with Gasteiger partial charge in [-0.15, -0.1) is 11.3 Å². The number of hydrogen-bond acceptors (Lipinski definition) is 7. The number of fused-ring (bicyclic) bond motifs is 1. The second kappa shape index (κ2) is 7.12. The number of nitro benzene ring substituents is 1. The van der Waals surface area contributed by atoms with Crippen LogP contribution in [0.3, 0.4) is 0 Å². The number of imidazole rings is 1. The van der Waals surface area contributed by atoms with Crippen molar-refractivity contribution in [2.24, 2.45) is 0 Å². The van der Waals surface area contributed by atoms with E-state index in [0.29, 0.717) is 21.9 Å². The summed E-state index contributed by atoms with van der Waals surface area (Å²) in [6.07, 6.45) is 6.27. The van der Waals surface area contributed by atoms with E-state index in [0.717, 1.165) is 0 Å². The molecule has 3 aromatic heterocycles. The van der Waals surface area contributed by atoms with Gasteiger partial charge in [-0.25, -0.2) is 4.98 Å². The number of allylic oxidation sites excluding steroid dienone is 1. The van der Waals surface area contributed by atoms with Gasteiger partial charge in [-0.3, -0.25) is 19.3 Å². The first-order chi connectivity index (χ1) is 13.6. The predicted octanol–water partition coefficient (Wildman–Crippen LogP) is 4.47. The zero-order chi connectivity index (χ0) is 19.7. The highest BCUT2D eigenvalue weighted by Crippen LogP contribution is 2.34. The maximum atomic E-state index is 12.2. The number of nitro groups is 1. The lowest BCUT2D eigenvalue weighted by Crippen LogP contribution is -1.95. The van der Waals surface area contributed by atoms with Crippen LogP contribution in [0.25, 0.3) is 22.3 Å². The number of nitrogens with zero attached hydrogens (tertiary/aromatic N) is 3. The summed E-state index contributed by atoms with van der Waals surface area (Å²) >= 11 is 1.42. The summed E-state index contributed by atoms with van der Waals surface area (Å²) in [7, 11) is 1.38. The van der Waals surface area contributed by atoms with Gasteiger partial charge in [0.05, 0.1) is 29.7 Å². The molecule has 8 nitrogen and oxygen atoms in total. The van der Waals surface area contributed by atoms with Crippen molar-refractivity contribution >= 4 is 33.8 Å². The van der Waals surface area contributed by atoms with Crippen molar-refractivity contribution in [3.63, 3.8) is 0 Å². The highest BCUT2D eigenvalue weighted by molar-refractivity contribution is 7.15. The van der Waals surface area contributed by atoms with E-state index in [1.54, 1.807) is 24.3 Å². The molecule has 0 fully saturated rings. The molecular formula is C19H13N3O5S. The maximum absolute atomic E-state index is 12.2. The lowest BCUT2D eigenvalue weighted by Gasteiger charge is -2.04. The Balaban J connectivity index is 1.81. The molecule has 4 aromatic rings. The second-order valence-electron chi connectivity index (χ2n) is 5.72. The Labute approximate surface area is 162 Å². The van der Waals surface area contributed by atoms with Crippen LogP contribution in [0.5, 0.6) is 5.75 Å². The number of ether oxygens (including phenoxy) is 1. The van der Waals surface area contributed by atoms with Crippen LogP contribution in [0.2, 0.25) is 0 Å². The number of aromatic nitrogens is 2. The molecule has 0 atom stereocenters. The van der Waals surface area contributed by atoms with Gasteiger partial charge >= 0.3 is 5.69 Å². The van der Waals surface area contributed by atoms with Crippen LogP contribution < -0.4 is 4.74 Å². The van der Waals surface area contributed by atoms with Crippen LogP contribution in [0.15, 0.2) is 58.7 Å². The normalized spacial score (nSPS) is 11.3. The van der Waals surface area contributed by atoms with E-state index in [-0.39, 0.29) is 23.0 Å². The van der Waals surface area contributed by atoms with Crippen LogP contribution in [-0.2, 0) is 0 Å². The van der Waals surface area contributed by atoms with E-state index in [1.807, 2.05) is 16.0 Å². The molecule has 0 aliphatic heterocycles. The molecule has 1 aromatic carbocycles. The Bertz CT molecular complexity index is 1200. The monoisotopic (exact) mass is 395 g/mol. The minimum absolute atomic E-state index is 0.155. The Morgan fingerprint density at radius 3 is 2.96 bits per heavy atom. The highest BCUT2D eigenvalue weighted by atomic mass is 32.1. The third kappa shape index (κ3) is 3.08. The van der Waals surface area contributed by atoms with Crippen LogP contribution in [0.4, 0.5) is 5.69 Å². The van der Waals surface area contributed by atoms with Crippen LogP contribution in [-0.4, -0.2) is 27.2 Å². The molecular weight excluding hydrogens is 382 g/mol. The van der Waals surface area contributed by atoms with Gasteiger partial charge < -0.3 is 9.15 Å². The van der Waals surface area contributed by atoms with Gasteiger partial charge in [-0.2, -0.15) is 0 Å². The van der Waals surface area contributed by atoms with Gasteiger partial charge in [-0.05, 0) is 36.4 Å². The Kier molecular flexibility index (Phi) is 4.50. The molecule has 0 radical (unpaired) electrons. The number of hydrogen-bond donors (Lipinski definition) is 0. The number of carbonyl (C=O) groups is 1. The first-order valence-electron chi connectivity index (χ1n) is 8.12. The summed E-state index contributed by atoms with van der Waals surface area (Å²) in [5, 5.41) is 13.2. The Hall–Kier alpha value is -3.72. The summed E-state index contributed by atoms with van der Waals surface area (Å²) in [6.45, 7) is 0. The van der Waals surface area contributed by atoms with Crippen molar-refractivity contribution in [3.8, 4) is 17.0 Å². The largest absolute Gasteiger partial charge is 0.490 e. The molecule has 0 saturated heterocycles. The quantitative estimate of drug-likeness (QED) is 0.207. The van der Waals surface area contributed by atoms with E-state index >= 15 is 0 Å². The topological polar surface area (TPSA) is 99.9 Å². The minimum atomic E-state index is -0.503. The van der Waals surface area contributed by atoms with Crippen molar-refractivity contribution in [3.05, 3.63) is 75.8 Å². The summed E-state index contributed by atoms with van der Waals surface area (Å²) in [6, 6.07) is 7.86. The minimum Gasteiger partial charge on any atom is -0.490 e. The number of carbonyl (C=O) groups excluding carboxylic acids is 1. The molecule has 28 heavy (non-hydrogen) atoms. The number of methoxy groups -OCH3 is 1. The fourth-order valence-electron chi connectivity index (χ4n) is 2.81. The standard InChI is InChI=1S/C19H13N3O5S/c1-26-16-7-4-12(11-14(16)22(24)25)18-13(21-8-10-28-19(21)20-18)5-6-15(23)17-3-2-9-27-17/h2-11H,1H3. The van der Waals surface area contributed by atoms with Gasteiger partial charge in [-0.1, -0.05) is 0 Å². The number of furan rings is 1. The van der Waals surface area contributed by atoms with Crippen LogP contribution in [0, 0.1) is 10.1 Å². The lowest BCUT2D eigenvalue weighted by atomic mass is 10.1. The first kappa shape index (κ1) is 17.7. The fraction of sp³-hybridized carbons (Fsp3) is 0.0526. The van der Waals surface area contributed by atoms with Crippen molar-refractivity contribution < 1.29 is 18.9 Å². The molecule has 0 aliphatic carbocycles. The summed E-state index contributed by atoms with van der Waals surface area (Å²) in [5.41, 5.74) is 1.56. The van der Waals surface area contributed by atoms with Crippen molar-refractivity contribution in [2.45, 2.75) is 0 Å². The number of benzene rings is 1. The molecule has 0 bridgehead atoms. The van der Waals surface area contributed by atoms with E-state index in [2.05, 4.69) is 4.98 Å². The molecule has 0 unspecified atom stereocenters. The van der Waals surface area contributed by atoms with Crippen LogP contribution >= 0.6 is 11.3 Å². The van der Waals surface area contributed by atoms with Gasteiger partial charge in [0, 0.05) is 23.2 Å². The molecule has 3 heterocycles. The number of thiazole rings is 1. The van der Waals surface area contributed by atoms with E-state index in [9.17, 15) is 14.9 Å². The number of ketones is 1. The zero-order valence-electron chi connectivity index (χ0n) is 14.6. The van der Waals surface area contributed by atoms with E-state index in [4.69, 9.17) is 9.15 Å². The summed E-state index contributed by atoms with van der Waals surface area (Å²) in [4.78, 5) is 28.4. The maximum Gasteiger partial charge on any atom is 0.311 e. The molecule has 9 heteroatoms. The molecule has 0 saturated carbocycles. The third-order valence-electron chi connectivity index (χ3n) is 4.10. The van der Waals surface area contributed by atoms with Crippen LogP contribution in [0.1, 0.15) is 16.2 Å². The molecule has 0 amide bonds. The van der Waals surface area contributed by atoms with Crippen molar-refractivity contribution in [1.29, 1.82) is 0 Å². The van der Waals surface area contributed by atoms with Crippen molar-refractivity contribution in [2.75, 3.05) is 7.11 Å². The molecule has 0 aliphatic rings. The van der Waals surface area contributed by atoms with Gasteiger partial charge in [0.1, 0.15) is 0 Å². The Morgan fingerprint density at radius 1 is 1.39 bits per heavy atom.